The van der Waals surface area contributed by atoms with Gasteiger partial charge in [-0.05, 0) is 6.07 Å². The number of carbonyl (C=O) groups excluding carboxylic acids is 2. The Bertz CT molecular complexity index is 411. The van der Waals surface area contributed by atoms with E-state index < -0.39 is 11.9 Å². The molecule has 0 radical (unpaired) electrons. The molecule has 0 fully saturated rings. The number of amides is 1. The van der Waals surface area contributed by atoms with E-state index in [1.165, 1.54) is 6.07 Å². The second kappa shape index (κ2) is 2.82. The first-order valence-electron chi connectivity index (χ1n) is 3.78. The van der Waals surface area contributed by atoms with Gasteiger partial charge in [0.05, 0.1) is 18.2 Å². The van der Waals surface area contributed by atoms with Crippen molar-refractivity contribution in [3.63, 3.8) is 0 Å². The van der Waals surface area contributed by atoms with Crippen LogP contribution in [-0.2, 0) is 6.54 Å². The molecule has 0 aromatic carbocycles. The Balaban J connectivity index is 2.45. The number of carbonyl (C=O) groups is 2. The average Bonchev–Trinajstić information content (AvgIpc) is 2.47. The van der Waals surface area contributed by atoms with Crippen molar-refractivity contribution in [1.82, 2.24) is 15.6 Å². The minimum atomic E-state index is -1.39. The Morgan fingerprint density at radius 2 is 2.36 bits per heavy atom. The van der Waals surface area contributed by atoms with E-state index in [1.807, 2.05) is 0 Å². The summed E-state index contributed by atoms with van der Waals surface area (Å²) in [4.78, 5) is 24.0. The fourth-order valence-corrected chi connectivity index (χ4v) is 1.31. The van der Waals surface area contributed by atoms with Gasteiger partial charge in [-0.3, -0.25) is 15.4 Å². The first-order chi connectivity index (χ1) is 6.58. The summed E-state index contributed by atoms with van der Waals surface area (Å²) in [5.74, 6) is -1.97. The number of carboxylic acid groups (broad SMARTS) is 1. The molecule has 0 saturated carbocycles. The van der Waals surface area contributed by atoms with Gasteiger partial charge in [-0.15, -0.1) is 0 Å². The van der Waals surface area contributed by atoms with E-state index in [4.69, 9.17) is 5.21 Å². The topological polar surface area (TPSA) is 108 Å². The van der Waals surface area contributed by atoms with Crippen LogP contribution in [0.15, 0.2) is 6.07 Å². The predicted molar refractivity (Wildman–Crippen MR) is 39.9 cm³/mol. The number of hydrogen-bond donors (Lipinski definition) is 3. The smallest absolute Gasteiger partial charge is 0.284 e. The third-order valence-corrected chi connectivity index (χ3v) is 1.90. The highest BCUT2D eigenvalue weighted by Crippen LogP contribution is 2.15. The third kappa shape index (κ3) is 1.24. The lowest BCUT2D eigenvalue weighted by Gasteiger charge is -2.20. The molecule has 1 aromatic heterocycles. The lowest BCUT2D eigenvalue weighted by Crippen LogP contribution is -2.43. The van der Waals surface area contributed by atoms with Crippen molar-refractivity contribution < 1.29 is 19.9 Å². The van der Waals surface area contributed by atoms with Gasteiger partial charge in [0.2, 0.25) is 0 Å². The fourth-order valence-electron chi connectivity index (χ4n) is 1.31. The van der Waals surface area contributed by atoms with Gasteiger partial charge in [0, 0.05) is 5.56 Å². The molecule has 1 aliphatic heterocycles. The Morgan fingerprint density at radius 3 is 3.00 bits per heavy atom. The summed E-state index contributed by atoms with van der Waals surface area (Å²) in [5, 5.41) is 20.0. The quantitative estimate of drug-likeness (QED) is 0.492. The maximum absolute atomic E-state index is 11.2. The van der Waals surface area contributed by atoms with E-state index in [0.29, 0.717) is 10.7 Å². The van der Waals surface area contributed by atoms with Gasteiger partial charge in [-0.2, -0.15) is 0 Å². The Kier molecular flexibility index (Phi) is 1.76. The lowest BCUT2D eigenvalue weighted by molar-refractivity contribution is -0.255. The second-order valence-corrected chi connectivity index (χ2v) is 2.87. The Labute approximate surface area is 77.9 Å². The van der Waals surface area contributed by atoms with Gasteiger partial charge < -0.3 is 14.9 Å². The van der Waals surface area contributed by atoms with Crippen LogP contribution < -0.4 is 10.5 Å². The van der Waals surface area contributed by atoms with Crippen LogP contribution in [0.1, 0.15) is 26.5 Å². The van der Waals surface area contributed by atoms with Crippen LogP contribution in [0.3, 0.4) is 0 Å². The molecule has 74 valence electrons. The van der Waals surface area contributed by atoms with Gasteiger partial charge in [0.1, 0.15) is 5.69 Å². The van der Waals surface area contributed by atoms with E-state index in [-0.39, 0.29) is 17.9 Å². The molecular weight excluding hydrogens is 190 g/mol. The van der Waals surface area contributed by atoms with Crippen LogP contribution in [0, 0.1) is 0 Å². The number of H-pyrrole nitrogens is 1. The summed E-state index contributed by atoms with van der Waals surface area (Å²) in [5.41, 5.74) is 2.46. The number of hydroxylamine groups is 1. The van der Waals surface area contributed by atoms with E-state index in [9.17, 15) is 14.7 Å². The zero-order valence-electron chi connectivity index (χ0n) is 6.90. The van der Waals surface area contributed by atoms with Gasteiger partial charge in [-0.25, -0.2) is 0 Å². The van der Waals surface area contributed by atoms with E-state index in [0.717, 1.165) is 0 Å². The third-order valence-electron chi connectivity index (χ3n) is 1.90. The van der Waals surface area contributed by atoms with E-state index in [2.05, 4.69) is 10.4 Å². The van der Waals surface area contributed by atoms with Crippen molar-refractivity contribution in [3.8, 4) is 0 Å². The first-order valence-corrected chi connectivity index (χ1v) is 3.78. The highest BCUT2D eigenvalue weighted by molar-refractivity contribution is 5.96. The molecule has 1 aliphatic rings. The van der Waals surface area contributed by atoms with Gasteiger partial charge >= 0.3 is 0 Å². The summed E-state index contributed by atoms with van der Waals surface area (Å²) in [6.45, 7) is 0.0326. The minimum Gasteiger partial charge on any atom is -0.543 e. The number of hydrazine groups is 1. The fraction of sp³-hybridized carbons (Fsp3) is 0.143. The maximum Gasteiger partial charge on any atom is 0.284 e. The van der Waals surface area contributed by atoms with Crippen LogP contribution in [-0.4, -0.2) is 27.2 Å². The molecule has 0 bridgehead atoms. The van der Waals surface area contributed by atoms with Gasteiger partial charge in [0.15, 0.2) is 0 Å². The highest BCUT2D eigenvalue weighted by atomic mass is 16.5. The molecular formula is C7H6N3O4-. The van der Waals surface area contributed by atoms with E-state index >= 15 is 0 Å². The summed E-state index contributed by atoms with van der Waals surface area (Å²) >= 11 is 0. The lowest BCUT2D eigenvalue weighted by atomic mass is 10.2. The molecule has 7 heteroatoms. The molecule has 0 saturated heterocycles. The molecule has 1 aromatic rings. The number of rotatable bonds is 1. The molecule has 7 nitrogen and oxygen atoms in total. The number of aromatic nitrogens is 1. The van der Waals surface area contributed by atoms with Crippen LogP contribution in [0.4, 0.5) is 0 Å². The highest BCUT2D eigenvalue weighted by Gasteiger charge is 2.23. The monoisotopic (exact) mass is 196 g/mol. The van der Waals surface area contributed by atoms with Crippen molar-refractivity contribution in [2.75, 3.05) is 0 Å². The largest absolute Gasteiger partial charge is 0.543 e. The standard InChI is InChI=1S/C7H7N3O4/c11-6-5-3(2-10(14)9-6)1-4(8-5)7(12)13/h1,8,14H,2H2,(H,9,11)(H,12,13)/p-1. The predicted octanol–water partition coefficient (Wildman–Crippen LogP) is -1.77. The van der Waals surface area contributed by atoms with Crippen molar-refractivity contribution in [2.45, 2.75) is 6.54 Å². The molecule has 1 amide bonds. The minimum absolute atomic E-state index is 0.0326. The first kappa shape index (κ1) is 8.73. The van der Waals surface area contributed by atoms with Crippen molar-refractivity contribution in [2.24, 2.45) is 0 Å². The molecule has 0 spiro atoms. The number of nitrogens with zero attached hydrogens (tertiary/aromatic N) is 1. The molecule has 0 unspecified atom stereocenters. The number of nitrogens with one attached hydrogen (secondary N) is 2. The number of hydrogen-bond acceptors (Lipinski definition) is 5. The molecule has 0 aliphatic carbocycles. The number of carboxylic acids is 1. The van der Waals surface area contributed by atoms with Crippen LogP contribution in [0.25, 0.3) is 0 Å². The van der Waals surface area contributed by atoms with Crippen LogP contribution in [0.2, 0.25) is 0 Å². The van der Waals surface area contributed by atoms with Gasteiger partial charge in [-0.1, -0.05) is 5.17 Å². The summed E-state index contributed by atoms with van der Waals surface area (Å²) < 4.78 is 0. The molecule has 0 atom stereocenters. The van der Waals surface area contributed by atoms with Crippen molar-refractivity contribution in [3.05, 3.63) is 23.0 Å². The summed E-state index contributed by atoms with van der Waals surface area (Å²) in [7, 11) is 0. The van der Waals surface area contributed by atoms with Crippen molar-refractivity contribution in [1.29, 1.82) is 0 Å². The molecule has 2 rings (SSSR count). The summed E-state index contributed by atoms with van der Waals surface area (Å²) in [6, 6.07) is 1.26. The zero-order chi connectivity index (χ0) is 10.3. The summed E-state index contributed by atoms with van der Waals surface area (Å²) in [6.07, 6.45) is 0. The van der Waals surface area contributed by atoms with E-state index in [1.54, 1.807) is 0 Å². The molecule has 2 heterocycles. The second-order valence-electron chi connectivity index (χ2n) is 2.87. The molecule has 14 heavy (non-hydrogen) atoms. The Hall–Kier alpha value is -1.86. The number of fused-ring (bicyclic) bond motifs is 1. The average molecular weight is 196 g/mol. The van der Waals surface area contributed by atoms with Gasteiger partial charge in [0.25, 0.3) is 5.91 Å². The zero-order valence-corrected chi connectivity index (χ0v) is 6.90. The number of aromatic carboxylic acids is 1. The van der Waals surface area contributed by atoms with Crippen molar-refractivity contribution >= 4 is 11.9 Å². The normalized spacial score (nSPS) is 16.2. The SMILES string of the molecule is O=C([O-])c1cc2c([nH]1)C(=O)NN(O)C2. The maximum atomic E-state index is 11.2. The van der Waals surface area contributed by atoms with Crippen LogP contribution >= 0.6 is 0 Å². The number of aromatic amines is 1. The Morgan fingerprint density at radius 1 is 1.64 bits per heavy atom. The van der Waals surface area contributed by atoms with Crippen LogP contribution in [0.5, 0.6) is 0 Å². The molecule has 3 N–H and O–H groups in total.